The van der Waals surface area contributed by atoms with Gasteiger partial charge in [0.15, 0.2) is 11.6 Å². The van der Waals surface area contributed by atoms with Crippen LogP contribution in [0.15, 0.2) is 66.7 Å². The highest BCUT2D eigenvalue weighted by molar-refractivity contribution is 6.21. The van der Waals surface area contributed by atoms with Crippen LogP contribution in [0.25, 0.3) is 0 Å². The van der Waals surface area contributed by atoms with Gasteiger partial charge < -0.3 is 4.90 Å². The van der Waals surface area contributed by atoms with Crippen molar-refractivity contribution in [2.45, 2.75) is 19.8 Å². The quantitative estimate of drug-likeness (QED) is 0.378. The van der Waals surface area contributed by atoms with E-state index in [2.05, 4.69) is 0 Å². The summed E-state index contributed by atoms with van der Waals surface area (Å²) >= 11 is 0. The van der Waals surface area contributed by atoms with Gasteiger partial charge in [0.25, 0.3) is 17.7 Å². The first-order valence-corrected chi connectivity index (χ1v) is 10.7. The highest BCUT2D eigenvalue weighted by atomic mass is 19.2. The number of halogens is 2. The number of aryl methyl sites for hydroxylation is 1. The molecule has 0 aliphatic carbocycles. The average molecular weight is 448 g/mol. The van der Waals surface area contributed by atoms with Crippen molar-refractivity contribution in [1.29, 1.82) is 0 Å². The van der Waals surface area contributed by atoms with Gasteiger partial charge in [0.2, 0.25) is 0 Å². The lowest BCUT2D eigenvalue weighted by Crippen LogP contribution is -2.34. The van der Waals surface area contributed by atoms with Gasteiger partial charge in [0, 0.05) is 24.3 Å². The molecule has 0 aromatic heterocycles. The third kappa shape index (κ3) is 4.53. The summed E-state index contributed by atoms with van der Waals surface area (Å²) in [4.78, 5) is 40.9. The molecule has 0 saturated carbocycles. The zero-order valence-corrected chi connectivity index (χ0v) is 18.1. The monoisotopic (exact) mass is 448 g/mol. The van der Waals surface area contributed by atoms with E-state index in [1.807, 2.05) is 19.1 Å². The molecule has 0 atom stereocenters. The number of amides is 3. The molecule has 33 heavy (non-hydrogen) atoms. The predicted molar refractivity (Wildman–Crippen MR) is 120 cm³/mol. The van der Waals surface area contributed by atoms with Crippen molar-refractivity contribution >= 4 is 23.4 Å². The van der Waals surface area contributed by atoms with E-state index < -0.39 is 17.5 Å². The van der Waals surface area contributed by atoms with E-state index in [0.717, 1.165) is 17.7 Å². The number of fused-ring (bicyclic) bond motifs is 1. The Bertz CT molecular complexity index is 1190. The molecule has 0 N–H and O–H groups in total. The Labute approximate surface area is 190 Å². The summed E-state index contributed by atoms with van der Waals surface area (Å²) in [6, 6.07) is 17.1. The molecule has 0 unspecified atom stereocenters. The highest BCUT2D eigenvalue weighted by Gasteiger charge is 2.34. The molecule has 3 amide bonds. The SMILES string of the molecule is Cc1ccc(N(CCCCN2C(=O)c3ccccc3C2=O)C(=O)c2ccc(F)c(F)c2)cc1. The van der Waals surface area contributed by atoms with Crippen molar-refractivity contribution in [1.82, 2.24) is 4.90 Å². The highest BCUT2D eigenvalue weighted by Crippen LogP contribution is 2.24. The molecule has 0 bridgehead atoms. The zero-order valence-electron chi connectivity index (χ0n) is 18.1. The van der Waals surface area contributed by atoms with Crippen LogP contribution in [0.1, 0.15) is 49.5 Å². The summed E-state index contributed by atoms with van der Waals surface area (Å²) in [7, 11) is 0. The van der Waals surface area contributed by atoms with Crippen LogP contribution in [0.4, 0.5) is 14.5 Å². The van der Waals surface area contributed by atoms with Gasteiger partial charge in [-0.15, -0.1) is 0 Å². The molecule has 168 valence electrons. The summed E-state index contributed by atoms with van der Waals surface area (Å²) in [6.45, 7) is 2.44. The third-order valence-electron chi connectivity index (χ3n) is 5.65. The number of hydrogen-bond donors (Lipinski definition) is 0. The van der Waals surface area contributed by atoms with Crippen molar-refractivity contribution in [3.05, 3.63) is 101 Å². The van der Waals surface area contributed by atoms with E-state index in [0.29, 0.717) is 29.7 Å². The second-order valence-corrected chi connectivity index (χ2v) is 7.94. The number of nitrogens with zero attached hydrogens (tertiary/aromatic N) is 2. The van der Waals surface area contributed by atoms with Gasteiger partial charge in [-0.1, -0.05) is 29.8 Å². The van der Waals surface area contributed by atoms with Crippen molar-refractivity contribution in [2.75, 3.05) is 18.0 Å². The summed E-state index contributed by atoms with van der Waals surface area (Å²) in [5, 5.41) is 0. The van der Waals surface area contributed by atoms with Crippen molar-refractivity contribution in [2.24, 2.45) is 0 Å². The van der Waals surface area contributed by atoms with Gasteiger partial charge in [-0.3, -0.25) is 19.3 Å². The summed E-state index contributed by atoms with van der Waals surface area (Å²) in [5.74, 6) is -3.20. The fourth-order valence-electron chi connectivity index (χ4n) is 3.84. The normalized spacial score (nSPS) is 12.8. The summed E-state index contributed by atoms with van der Waals surface area (Å²) < 4.78 is 27.0. The van der Waals surface area contributed by atoms with Crippen LogP contribution in [0, 0.1) is 18.6 Å². The minimum Gasteiger partial charge on any atom is -0.308 e. The van der Waals surface area contributed by atoms with E-state index >= 15 is 0 Å². The van der Waals surface area contributed by atoms with Gasteiger partial charge in [0.1, 0.15) is 0 Å². The Morgan fingerprint density at radius 1 is 0.848 bits per heavy atom. The standard InChI is InChI=1S/C26H22F2N2O3/c1-17-8-11-19(12-9-17)29(24(31)18-10-13-22(27)23(28)16-18)14-4-5-15-30-25(32)20-6-2-3-7-21(20)26(30)33/h2-3,6-13,16H,4-5,14-15H2,1H3. The minimum atomic E-state index is -1.09. The van der Waals surface area contributed by atoms with Crippen LogP contribution in [0.3, 0.4) is 0 Å². The molecular formula is C26H22F2N2O3. The van der Waals surface area contributed by atoms with Gasteiger partial charge >= 0.3 is 0 Å². The second-order valence-electron chi connectivity index (χ2n) is 7.94. The molecule has 7 heteroatoms. The molecule has 0 fully saturated rings. The number of unbranched alkanes of at least 4 members (excludes halogenated alkanes) is 1. The van der Waals surface area contributed by atoms with E-state index in [1.165, 1.54) is 15.9 Å². The summed E-state index contributed by atoms with van der Waals surface area (Å²) in [6.07, 6.45) is 0.982. The molecular weight excluding hydrogens is 426 g/mol. The predicted octanol–water partition coefficient (Wildman–Crippen LogP) is 5.00. The van der Waals surface area contributed by atoms with Gasteiger partial charge in [-0.05, 0) is 62.2 Å². The molecule has 1 aliphatic rings. The molecule has 4 rings (SSSR count). The van der Waals surface area contributed by atoms with E-state index in [4.69, 9.17) is 0 Å². The number of imide groups is 1. The van der Waals surface area contributed by atoms with Crippen LogP contribution in [-0.2, 0) is 0 Å². The van der Waals surface area contributed by atoms with Crippen LogP contribution >= 0.6 is 0 Å². The second kappa shape index (κ2) is 9.32. The topological polar surface area (TPSA) is 57.7 Å². The average Bonchev–Trinajstić information content (AvgIpc) is 3.06. The first-order valence-electron chi connectivity index (χ1n) is 10.7. The van der Waals surface area contributed by atoms with Crippen LogP contribution in [0.5, 0.6) is 0 Å². The van der Waals surface area contributed by atoms with Crippen molar-refractivity contribution in [3.8, 4) is 0 Å². The van der Waals surface area contributed by atoms with Crippen LogP contribution in [0.2, 0.25) is 0 Å². The van der Waals surface area contributed by atoms with Crippen molar-refractivity contribution < 1.29 is 23.2 Å². The zero-order chi connectivity index (χ0) is 23.5. The van der Waals surface area contributed by atoms with Crippen molar-refractivity contribution in [3.63, 3.8) is 0 Å². The molecule has 1 heterocycles. The maximum atomic E-state index is 13.7. The lowest BCUT2D eigenvalue weighted by atomic mass is 10.1. The molecule has 0 spiro atoms. The largest absolute Gasteiger partial charge is 0.308 e. The Kier molecular flexibility index (Phi) is 6.31. The van der Waals surface area contributed by atoms with Crippen LogP contribution in [-0.4, -0.2) is 35.7 Å². The van der Waals surface area contributed by atoms with E-state index in [9.17, 15) is 23.2 Å². The smallest absolute Gasteiger partial charge is 0.261 e. The third-order valence-corrected chi connectivity index (χ3v) is 5.65. The first kappa shape index (κ1) is 22.3. The molecule has 0 saturated heterocycles. The van der Waals surface area contributed by atoms with E-state index in [-0.39, 0.29) is 30.5 Å². The molecule has 1 aliphatic heterocycles. The molecule has 3 aromatic carbocycles. The number of anilines is 1. The van der Waals surface area contributed by atoms with Crippen LogP contribution < -0.4 is 4.90 Å². The first-order chi connectivity index (χ1) is 15.9. The number of hydrogen-bond acceptors (Lipinski definition) is 3. The molecule has 5 nitrogen and oxygen atoms in total. The number of benzene rings is 3. The summed E-state index contributed by atoms with van der Waals surface area (Å²) in [5.41, 5.74) is 2.48. The van der Waals surface area contributed by atoms with Gasteiger partial charge in [-0.25, -0.2) is 8.78 Å². The maximum Gasteiger partial charge on any atom is 0.261 e. The molecule has 3 aromatic rings. The van der Waals surface area contributed by atoms with E-state index in [1.54, 1.807) is 36.4 Å². The Morgan fingerprint density at radius 2 is 1.48 bits per heavy atom. The Hall–Kier alpha value is -3.87. The fraction of sp³-hybridized carbons (Fsp3) is 0.192. The maximum absolute atomic E-state index is 13.7. The molecule has 0 radical (unpaired) electrons. The number of carbonyl (C=O) groups excluding carboxylic acids is 3. The van der Waals surface area contributed by atoms with Gasteiger partial charge in [-0.2, -0.15) is 0 Å². The number of rotatable bonds is 7. The number of carbonyl (C=O) groups is 3. The minimum absolute atomic E-state index is 0.0369. The Morgan fingerprint density at radius 3 is 2.09 bits per heavy atom. The lowest BCUT2D eigenvalue weighted by Gasteiger charge is -2.24. The lowest BCUT2D eigenvalue weighted by molar-refractivity contribution is 0.0651. The fourth-order valence-corrected chi connectivity index (χ4v) is 3.84. The van der Waals surface area contributed by atoms with Gasteiger partial charge in [0.05, 0.1) is 11.1 Å². The Balaban J connectivity index is 1.45.